The van der Waals surface area contributed by atoms with Gasteiger partial charge >= 0.3 is 0 Å². The molecular formula is C21H19ClFNO. The third-order valence-corrected chi connectivity index (χ3v) is 4.35. The first kappa shape index (κ1) is 17.3. The fraction of sp³-hybridized carbons (Fsp3) is 0.143. The normalized spacial score (nSPS) is 10.5. The highest BCUT2D eigenvalue weighted by Crippen LogP contribution is 2.21. The highest BCUT2D eigenvalue weighted by Gasteiger charge is 2.02. The summed E-state index contributed by atoms with van der Waals surface area (Å²) in [4.78, 5) is 0. The summed E-state index contributed by atoms with van der Waals surface area (Å²) in [7, 11) is 0. The molecule has 0 aromatic heterocycles. The van der Waals surface area contributed by atoms with Gasteiger partial charge < -0.3 is 10.1 Å². The van der Waals surface area contributed by atoms with E-state index >= 15 is 0 Å². The van der Waals surface area contributed by atoms with Crippen LogP contribution in [0.15, 0.2) is 66.7 Å². The minimum atomic E-state index is -0.250. The molecule has 3 rings (SSSR count). The van der Waals surface area contributed by atoms with E-state index in [-0.39, 0.29) is 12.4 Å². The second-order valence-electron chi connectivity index (χ2n) is 5.84. The van der Waals surface area contributed by atoms with Crippen LogP contribution in [0.25, 0.3) is 0 Å². The van der Waals surface area contributed by atoms with Crippen molar-refractivity contribution < 1.29 is 9.13 Å². The van der Waals surface area contributed by atoms with E-state index in [9.17, 15) is 4.39 Å². The zero-order valence-electron chi connectivity index (χ0n) is 13.9. The summed E-state index contributed by atoms with van der Waals surface area (Å²) in [5.74, 6) is 0.463. The van der Waals surface area contributed by atoms with Crippen molar-refractivity contribution in [2.75, 3.05) is 5.32 Å². The molecule has 0 aliphatic carbocycles. The van der Waals surface area contributed by atoms with E-state index in [4.69, 9.17) is 16.3 Å². The SMILES string of the molecule is Cc1ccc(NCc2ccc(OCc3ccccc3F)cc2)cc1Cl. The van der Waals surface area contributed by atoms with Crippen molar-refractivity contribution in [3.63, 3.8) is 0 Å². The lowest BCUT2D eigenvalue weighted by molar-refractivity contribution is 0.300. The largest absolute Gasteiger partial charge is 0.489 e. The Morgan fingerprint density at radius 3 is 2.48 bits per heavy atom. The van der Waals surface area contributed by atoms with Gasteiger partial charge in [0, 0.05) is 22.8 Å². The molecule has 0 aliphatic rings. The maximum Gasteiger partial charge on any atom is 0.129 e. The molecule has 128 valence electrons. The highest BCUT2D eigenvalue weighted by molar-refractivity contribution is 6.31. The molecule has 0 unspecified atom stereocenters. The van der Waals surface area contributed by atoms with Crippen molar-refractivity contribution in [1.29, 1.82) is 0 Å². The van der Waals surface area contributed by atoms with Gasteiger partial charge in [-0.2, -0.15) is 0 Å². The van der Waals surface area contributed by atoms with Crippen molar-refractivity contribution in [2.24, 2.45) is 0 Å². The summed E-state index contributed by atoms with van der Waals surface area (Å²) >= 11 is 6.13. The molecule has 3 aromatic rings. The van der Waals surface area contributed by atoms with Crippen molar-refractivity contribution in [3.05, 3.63) is 94.3 Å². The van der Waals surface area contributed by atoms with Crippen LogP contribution in [0, 0.1) is 12.7 Å². The number of benzene rings is 3. The second-order valence-corrected chi connectivity index (χ2v) is 6.25. The first-order chi connectivity index (χ1) is 12.1. The molecule has 0 saturated carbocycles. The molecule has 0 fully saturated rings. The fourth-order valence-corrected chi connectivity index (χ4v) is 2.57. The Balaban J connectivity index is 1.55. The molecule has 2 nitrogen and oxygen atoms in total. The van der Waals surface area contributed by atoms with Crippen molar-refractivity contribution >= 4 is 17.3 Å². The number of aryl methyl sites for hydroxylation is 1. The summed E-state index contributed by atoms with van der Waals surface area (Å²) in [6.07, 6.45) is 0. The number of ether oxygens (including phenoxy) is 1. The third-order valence-electron chi connectivity index (χ3n) is 3.94. The van der Waals surface area contributed by atoms with E-state index in [1.807, 2.05) is 49.4 Å². The van der Waals surface area contributed by atoms with E-state index in [0.29, 0.717) is 17.9 Å². The van der Waals surface area contributed by atoms with Crippen molar-refractivity contribution in [3.8, 4) is 5.75 Å². The predicted octanol–water partition coefficient (Wildman–Crippen LogP) is 5.98. The minimum absolute atomic E-state index is 0.214. The van der Waals surface area contributed by atoms with E-state index in [2.05, 4.69) is 5.32 Å². The Morgan fingerprint density at radius 1 is 1.00 bits per heavy atom. The number of hydrogen-bond acceptors (Lipinski definition) is 2. The maximum atomic E-state index is 13.6. The average Bonchev–Trinajstić information content (AvgIpc) is 2.63. The zero-order valence-corrected chi connectivity index (χ0v) is 14.7. The number of hydrogen-bond donors (Lipinski definition) is 1. The van der Waals surface area contributed by atoms with Crippen LogP contribution in [-0.4, -0.2) is 0 Å². The van der Waals surface area contributed by atoms with Crippen LogP contribution in [0.1, 0.15) is 16.7 Å². The lowest BCUT2D eigenvalue weighted by Gasteiger charge is -2.10. The van der Waals surface area contributed by atoms with Gasteiger partial charge in [-0.3, -0.25) is 0 Å². The molecule has 0 amide bonds. The Morgan fingerprint density at radius 2 is 1.76 bits per heavy atom. The standard InChI is InChI=1S/C21H19ClFNO/c1-15-6-9-18(12-20(15)22)24-13-16-7-10-19(11-8-16)25-14-17-4-2-3-5-21(17)23/h2-12,24H,13-14H2,1H3. The summed E-state index contributed by atoms with van der Waals surface area (Å²) in [6.45, 7) is 2.88. The van der Waals surface area contributed by atoms with Gasteiger partial charge in [0.25, 0.3) is 0 Å². The molecule has 0 bridgehead atoms. The van der Waals surface area contributed by atoms with E-state index in [1.165, 1.54) is 6.07 Å². The molecule has 0 radical (unpaired) electrons. The highest BCUT2D eigenvalue weighted by atomic mass is 35.5. The number of nitrogens with one attached hydrogen (secondary N) is 1. The Labute approximate surface area is 152 Å². The fourth-order valence-electron chi connectivity index (χ4n) is 2.39. The molecule has 0 heterocycles. The van der Waals surface area contributed by atoms with Crippen molar-refractivity contribution in [2.45, 2.75) is 20.1 Å². The van der Waals surface area contributed by atoms with Gasteiger partial charge in [0.1, 0.15) is 18.2 Å². The van der Waals surface area contributed by atoms with Crippen LogP contribution >= 0.6 is 11.6 Å². The molecule has 0 atom stereocenters. The van der Waals surface area contributed by atoms with Crippen molar-refractivity contribution in [1.82, 2.24) is 0 Å². The number of rotatable bonds is 6. The van der Waals surface area contributed by atoms with E-state index < -0.39 is 0 Å². The predicted molar refractivity (Wildman–Crippen MR) is 101 cm³/mol. The molecule has 1 N–H and O–H groups in total. The smallest absolute Gasteiger partial charge is 0.129 e. The van der Waals surface area contributed by atoms with Crippen LogP contribution in [-0.2, 0) is 13.2 Å². The van der Waals surface area contributed by atoms with Crippen LogP contribution in [0.5, 0.6) is 5.75 Å². The zero-order chi connectivity index (χ0) is 17.6. The first-order valence-electron chi connectivity index (χ1n) is 8.07. The topological polar surface area (TPSA) is 21.3 Å². The lowest BCUT2D eigenvalue weighted by Crippen LogP contribution is -2.00. The maximum absolute atomic E-state index is 13.6. The summed E-state index contributed by atoms with van der Waals surface area (Å²) in [5, 5.41) is 4.09. The van der Waals surface area contributed by atoms with Gasteiger partial charge in [-0.15, -0.1) is 0 Å². The van der Waals surface area contributed by atoms with Gasteiger partial charge in [-0.1, -0.05) is 48.0 Å². The molecule has 0 spiro atoms. The van der Waals surface area contributed by atoms with Crippen LogP contribution < -0.4 is 10.1 Å². The summed E-state index contributed by atoms with van der Waals surface area (Å²) in [6, 6.07) is 20.3. The van der Waals surface area contributed by atoms with Gasteiger partial charge in [0.15, 0.2) is 0 Å². The third kappa shape index (κ3) is 4.74. The number of anilines is 1. The van der Waals surface area contributed by atoms with Crippen LogP contribution in [0.4, 0.5) is 10.1 Å². The first-order valence-corrected chi connectivity index (χ1v) is 8.45. The van der Waals surface area contributed by atoms with Crippen LogP contribution in [0.3, 0.4) is 0 Å². The lowest BCUT2D eigenvalue weighted by atomic mass is 10.2. The van der Waals surface area contributed by atoms with Gasteiger partial charge in [-0.05, 0) is 48.4 Å². The van der Waals surface area contributed by atoms with E-state index in [1.54, 1.807) is 18.2 Å². The monoisotopic (exact) mass is 355 g/mol. The minimum Gasteiger partial charge on any atom is -0.489 e. The quantitative estimate of drug-likeness (QED) is 0.587. The van der Waals surface area contributed by atoms with Gasteiger partial charge in [-0.25, -0.2) is 4.39 Å². The molecular weight excluding hydrogens is 337 g/mol. The summed E-state index contributed by atoms with van der Waals surface area (Å²) in [5.41, 5.74) is 3.71. The average molecular weight is 356 g/mol. The second kappa shape index (κ2) is 8.04. The Hall–Kier alpha value is -2.52. The van der Waals surface area contributed by atoms with Gasteiger partial charge in [0.2, 0.25) is 0 Å². The molecule has 3 aromatic carbocycles. The Bertz CT molecular complexity index is 849. The Kier molecular flexibility index (Phi) is 5.56. The molecule has 25 heavy (non-hydrogen) atoms. The van der Waals surface area contributed by atoms with Crippen LogP contribution in [0.2, 0.25) is 5.02 Å². The molecule has 4 heteroatoms. The number of halogens is 2. The van der Waals surface area contributed by atoms with E-state index in [0.717, 1.165) is 21.8 Å². The molecule has 0 saturated heterocycles. The van der Waals surface area contributed by atoms with Gasteiger partial charge in [0.05, 0.1) is 0 Å². The molecule has 0 aliphatic heterocycles. The summed E-state index contributed by atoms with van der Waals surface area (Å²) < 4.78 is 19.2.